The first kappa shape index (κ1) is 21.3. The molecule has 5 rings (SSSR count). The highest BCUT2D eigenvalue weighted by molar-refractivity contribution is 6.32. The van der Waals surface area contributed by atoms with Crippen LogP contribution in [0.1, 0.15) is 31.2 Å². The van der Waals surface area contributed by atoms with E-state index in [4.69, 9.17) is 22.1 Å². The Hall–Kier alpha value is -2.57. The number of nitrogens with zero attached hydrogens (tertiary/aromatic N) is 2. The summed E-state index contributed by atoms with van der Waals surface area (Å²) in [6, 6.07) is 10.7. The second-order valence-corrected chi connectivity index (χ2v) is 9.42. The van der Waals surface area contributed by atoms with Crippen molar-refractivity contribution in [2.45, 2.75) is 32.2 Å². The maximum atomic E-state index is 13.6. The van der Waals surface area contributed by atoms with Crippen molar-refractivity contribution in [3.05, 3.63) is 59.0 Å². The highest BCUT2D eigenvalue weighted by Crippen LogP contribution is 2.36. The quantitative estimate of drug-likeness (QED) is 0.608. The molecule has 168 valence electrons. The lowest BCUT2D eigenvalue weighted by Crippen LogP contribution is -2.34. The molecule has 1 fully saturated rings. The summed E-state index contributed by atoms with van der Waals surface area (Å²) >= 11 is 6.64. The number of amides is 1. The highest BCUT2D eigenvalue weighted by Gasteiger charge is 2.27. The van der Waals surface area contributed by atoms with Gasteiger partial charge in [-0.15, -0.1) is 0 Å². The summed E-state index contributed by atoms with van der Waals surface area (Å²) in [6.45, 7) is 3.16. The van der Waals surface area contributed by atoms with E-state index in [2.05, 4.69) is 11.0 Å². The van der Waals surface area contributed by atoms with Gasteiger partial charge in [0, 0.05) is 48.4 Å². The predicted octanol–water partition coefficient (Wildman–Crippen LogP) is 4.91. The number of primary amides is 1. The summed E-state index contributed by atoms with van der Waals surface area (Å²) in [7, 11) is 0. The molecule has 1 saturated carbocycles. The second kappa shape index (κ2) is 8.75. The monoisotopic (exact) mass is 455 g/mol. The van der Waals surface area contributed by atoms with Crippen LogP contribution in [-0.2, 0) is 11.3 Å². The molecule has 0 spiro atoms. The molecule has 2 aliphatic rings. The number of ether oxygens (including phenoxy) is 1. The van der Waals surface area contributed by atoms with Gasteiger partial charge in [-0.1, -0.05) is 11.6 Å². The Balaban J connectivity index is 1.38. The third kappa shape index (κ3) is 4.21. The fourth-order valence-corrected chi connectivity index (χ4v) is 5.43. The van der Waals surface area contributed by atoms with Gasteiger partial charge in [-0.05, 0) is 68.0 Å². The number of hydrogen-bond donors (Lipinski definition) is 1. The number of carbonyl (C=O) groups is 1. The van der Waals surface area contributed by atoms with Crippen LogP contribution < -0.4 is 10.5 Å². The summed E-state index contributed by atoms with van der Waals surface area (Å²) in [4.78, 5) is 13.9. The molecular weight excluding hydrogens is 429 g/mol. The molecule has 7 heteroatoms. The average molecular weight is 456 g/mol. The molecule has 0 radical (unpaired) electrons. The summed E-state index contributed by atoms with van der Waals surface area (Å²) in [5.41, 5.74) is 8.40. The fourth-order valence-electron chi connectivity index (χ4n) is 5.14. The van der Waals surface area contributed by atoms with E-state index in [0.29, 0.717) is 17.5 Å². The van der Waals surface area contributed by atoms with Gasteiger partial charge in [-0.2, -0.15) is 0 Å². The maximum absolute atomic E-state index is 13.6. The number of benzene rings is 2. The minimum absolute atomic E-state index is 0.0330. The zero-order chi connectivity index (χ0) is 22.2. The van der Waals surface area contributed by atoms with E-state index in [9.17, 15) is 9.18 Å². The third-order valence-electron chi connectivity index (χ3n) is 6.85. The van der Waals surface area contributed by atoms with Gasteiger partial charge in [0.05, 0.1) is 10.5 Å². The maximum Gasteiger partial charge on any atom is 0.220 e. The normalized spacial score (nSPS) is 21.7. The lowest BCUT2D eigenvalue weighted by atomic mass is 9.81. The van der Waals surface area contributed by atoms with E-state index in [1.54, 1.807) is 6.07 Å². The number of hydrogen-bond acceptors (Lipinski definition) is 3. The molecule has 0 saturated heterocycles. The Labute approximate surface area is 191 Å². The van der Waals surface area contributed by atoms with Crippen LogP contribution >= 0.6 is 11.6 Å². The Morgan fingerprint density at radius 1 is 1.16 bits per heavy atom. The van der Waals surface area contributed by atoms with E-state index in [1.165, 1.54) is 12.1 Å². The summed E-state index contributed by atoms with van der Waals surface area (Å²) in [5.74, 6) is 0.935. The van der Waals surface area contributed by atoms with Crippen molar-refractivity contribution in [1.82, 2.24) is 9.47 Å². The highest BCUT2D eigenvalue weighted by atomic mass is 35.5. The molecule has 2 N–H and O–H groups in total. The molecule has 2 aromatic carbocycles. The molecule has 0 bridgehead atoms. The number of halogens is 2. The van der Waals surface area contributed by atoms with Gasteiger partial charge >= 0.3 is 0 Å². The number of aromatic nitrogens is 1. The first-order valence-electron chi connectivity index (χ1n) is 11.2. The molecule has 3 aromatic rings. The molecular formula is C25H27ClFN3O2. The van der Waals surface area contributed by atoms with Crippen LogP contribution in [-0.4, -0.2) is 35.1 Å². The van der Waals surface area contributed by atoms with Crippen molar-refractivity contribution in [3.8, 4) is 11.4 Å². The van der Waals surface area contributed by atoms with E-state index in [1.807, 2.05) is 22.9 Å². The van der Waals surface area contributed by atoms with Crippen LogP contribution in [0, 0.1) is 17.7 Å². The van der Waals surface area contributed by atoms with E-state index in [0.717, 1.165) is 73.2 Å². The minimum atomic E-state index is -0.246. The third-order valence-corrected chi connectivity index (χ3v) is 7.13. The van der Waals surface area contributed by atoms with Crippen molar-refractivity contribution >= 4 is 28.4 Å². The Morgan fingerprint density at radius 2 is 1.97 bits per heavy atom. The van der Waals surface area contributed by atoms with E-state index in [-0.39, 0.29) is 17.6 Å². The summed E-state index contributed by atoms with van der Waals surface area (Å²) in [6.07, 6.45) is 5.78. The largest absolute Gasteiger partial charge is 0.490 e. The fraction of sp³-hybridized carbons (Fsp3) is 0.400. The van der Waals surface area contributed by atoms with Crippen LogP contribution in [0.5, 0.6) is 5.75 Å². The lowest BCUT2D eigenvalue weighted by molar-refractivity contribution is -0.123. The molecule has 5 nitrogen and oxygen atoms in total. The van der Waals surface area contributed by atoms with E-state index < -0.39 is 0 Å². The van der Waals surface area contributed by atoms with Crippen molar-refractivity contribution in [2.24, 2.45) is 17.6 Å². The Bertz CT molecular complexity index is 1150. The van der Waals surface area contributed by atoms with Crippen molar-refractivity contribution in [1.29, 1.82) is 0 Å². The van der Waals surface area contributed by atoms with Gasteiger partial charge < -0.3 is 15.0 Å². The smallest absolute Gasteiger partial charge is 0.220 e. The van der Waals surface area contributed by atoms with Crippen molar-refractivity contribution in [2.75, 3.05) is 19.7 Å². The zero-order valence-corrected chi connectivity index (χ0v) is 18.7. The molecule has 0 unspecified atom stereocenters. The van der Waals surface area contributed by atoms with Crippen molar-refractivity contribution < 1.29 is 13.9 Å². The van der Waals surface area contributed by atoms with Crippen LogP contribution in [0.15, 0.2) is 42.6 Å². The topological polar surface area (TPSA) is 60.5 Å². The number of fused-ring (bicyclic) bond motifs is 2. The van der Waals surface area contributed by atoms with Gasteiger partial charge in [0.15, 0.2) is 0 Å². The van der Waals surface area contributed by atoms with E-state index >= 15 is 0 Å². The van der Waals surface area contributed by atoms with Crippen LogP contribution in [0.2, 0.25) is 5.02 Å². The molecule has 1 amide bonds. The second-order valence-electron chi connectivity index (χ2n) is 9.01. The molecule has 1 aliphatic heterocycles. The minimum Gasteiger partial charge on any atom is -0.490 e. The van der Waals surface area contributed by atoms with Gasteiger partial charge in [0.1, 0.15) is 18.2 Å². The van der Waals surface area contributed by atoms with Gasteiger partial charge in [0.2, 0.25) is 5.91 Å². The standard InChI is InChI=1S/C25H27ClFN3O2/c26-22-13-21(30-8-7-18-11-20(27)5-6-23(18)30)12-19-15-29(9-10-32-24(19)22)14-16-1-3-17(4-2-16)25(28)31/h5-8,11-13,16-17H,1-4,9-10,14-15H2,(H2,28,31)/t16-,17-. The van der Waals surface area contributed by atoms with Crippen LogP contribution in [0.25, 0.3) is 16.6 Å². The first-order chi connectivity index (χ1) is 15.5. The average Bonchev–Trinajstić information content (AvgIpc) is 3.07. The lowest BCUT2D eigenvalue weighted by Gasteiger charge is -2.31. The Morgan fingerprint density at radius 3 is 2.75 bits per heavy atom. The summed E-state index contributed by atoms with van der Waals surface area (Å²) < 4.78 is 21.7. The SMILES string of the molecule is NC(=O)[C@H]1CC[C@H](CN2CCOc3c(Cl)cc(-n4ccc5cc(F)ccc54)cc3C2)CC1. The molecule has 32 heavy (non-hydrogen) atoms. The molecule has 1 aliphatic carbocycles. The predicted molar refractivity (Wildman–Crippen MR) is 124 cm³/mol. The van der Waals surface area contributed by atoms with Crippen LogP contribution in [0.3, 0.4) is 0 Å². The van der Waals surface area contributed by atoms with Crippen molar-refractivity contribution in [3.63, 3.8) is 0 Å². The van der Waals surface area contributed by atoms with Crippen LogP contribution in [0.4, 0.5) is 4.39 Å². The number of carbonyl (C=O) groups excluding carboxylic acids is 1. The molecule has 1 aromatic heterocycles. The van der Waals surface area contributed by atoms with Gasteiger partial charge in [-0.3, -0.25) is 9.69 Å². The first-order valence-corrected chi connectivity index (χ1v) is 11.6. The Kier molecular flexibility index (Phi) is 5.82. The van der Waals surface area contributed by atoms with Gasteiger partial charge in [-0.25, -0.2) is 4.39 Å². The number of nitrogens with two attached hydrogens (primary N) is 1. The zero-order valence-electron chi connectivity index (χ0n) is 17.9. The van der Waals surface area contributed by atoms with Gasteiger partial charge in [0.25, 0.3) is 0 Å². The number of rotatable bonds is 4. The molecule has 2 heterocycles. The molecule has 0 atom stereocenters. The summed E-state index contributed by atoms with van der Waals surface area (Å²) in [5, 5.41) is 1.44.